The van der Waals surface area contributed by atoms with E-state index in [1.807, 2.05) is 20.8 Å². The maximum Gasteiger partial charge on any atom is 0.290 e. The highest BCUT2D eigenvalue weighted by molar-refractivity contribution is 7.98. The standard InChI is InChI=1S/C12H22N4OS/c1-8(7-18-5)6-13-10(17)9-14-11(16-15-9)12(2,3)4/h8H,6-7H2,1-5H3,(H,13,17)(H,14,15,16). The number of nitrogens with zero attached hydrogens (tertiary/aromatic N) is 2. The molecule has 1 aromatic rings. The van der Waals surface area contributed by atoms with Gasteiger partial charge in [-0.3, -0.25) is 9.89 Å². The second-order valence-electron chi connectivity index (χ2n) is 5.53. The number of aromatic nitrogens is 3. The van der Waals surface area contributed by atoms with Crippen LogP contribution in [0.4, 0.5) is 0 Å². The smallest absolute Gasteiger partial charge is 0.290 e. The first kappa shape index (κ1) is 15.0. The van der Waals surface area contributed by atoms with E-state index in [1.54, 1.807) is 11.8 Å². The third-order valence-electron chi connectivity index (χ3n) is 2.46. The Hall–Kier alpha value is -1.04. The van der Waals surface area contributed by atoms with Gasteiger partial charge in [0.1, 0.15) is 5.82 Å². The van der Waals surface area contributed by atoms with Crippen LogP contribution in [0.2, 0.25) is 0 Å². The number of carbonyl (C=O) groups excluding carboxylic acids is 1. The molecule has 0 saturated heterocycles. The van der Waals surface area contributed by atoms with Gasteiger partial charge >= 0.3 is 0 Å². The number of thioether (sulfide) groups is 1. The second-order valence-corrected chi connectivity index (χ2v) is 6.44. The van der Waals surface area contributed by atoms with Gasteiger partial charge in [-0.25, -0.2) is 4.98 Å². The van der Waals surface area contributed by atoms with Crippen molar-refractivity contribution < 1.29 is 4.79 Å². The topological polar surface area (TPSA) is 70.7 Å². The first-order chi connectivity index (χ1) is 8.34. The van der Waals surface area contributed by atoms with Crippen molar-refractivity contribution in [1.29, 1.82) is 0 Å². The Bertz CT molecular complexity index is 397. The molecule has 102 valence electrons. The summed E-state index contributed by atoms with van der Waals surface area (Å²) in [4.78, 5) is 16.1. The molecule has 0 saturated carbocycles. The van der Waals surface area contributed by atoms with Gasteiger partial charge in [0, 0.05) is 12.0 Å². The minimum atomic E-state index is -0.213. The fraction of sp³-hybridized carbons (Fsp3) is 0.750. The summed E-state index contributed by atoms with van der Waals surface area (Å²) in [7, 11) is 0. The summed E-state index contributed by atoms with van der Waals surface area (Å²) in [6.07, 6.45) is 2.06. The quantitative estimate of drug-likeness (QED) is 0.856. The summed E-state index contributed by atoms with van der Waals surface area (Å²) in [5, 5.41) is 9.62. The van der Waals surface area contributed by atoms with Crippen molar-refractivity contribution in [2.45, 2.75) is 33.1 Å². The number of hydrogen-bond donors (Lipinski definition) is 2. The van der Waals surface area contributed by atoms with Gasteiger partial charge in [-0.05, 0) is 17.9 Å². The Kier molecular flexibility index (Phi) is 5.19. The lowest BCUT2D eigenvalue weighted by atomic mass is 9.96. The highest BCUT2D eigenvalue weighted by atomic mass is 32.2. The molecule has 0 radical (unpaired) electrons. The molecule has 0 aliphatic rings. The lowest BCUT2D eigenvalue weighted by molar-refractivity contribution is 0.0939. The molecule has 1 atom stereocenters. The lowest BCUT2D eigenvalue weighted by Gasteiger charge is -2.13. The number of rotatable bonds is 5. The van der Waals surface area contributed by atoms with Crippen LogP contribution in [0.15, 0.2) is 0 Å². The van der Waals surface area contributed by atoms with Gasteiger partial charge in [0.25, 0.3) is 5.91 Å². The summed E-state index contributed by atoms with van der Waals surface area (Å²) in [6.45, 7) is 8.83. The van der Waals surface area contributed by atoms with Gasteiger partial charge < -0.3 is 5.32 Å². The van der Waals surface area contributed by atoms with E-state index in [2.05, 4.69) is 33.7 Å². The van der Waals surface area contributed by atoms with Crippen molar-refractivity contribution in [3.05, 3.63) is 11.6 Å². The Morgan fingerprint density at radius 2 is 2.17 bits per heavy atom. The maximum atomic E-state index is 11.8. The van der Waals surface area contributed by atoms with Crippen LogP contribution < -0.4 is 5.32 Å². The summed E-state index contributed by atoms with van der Waals surface area (Å²) < 4.78 is 0. The van der Waals surface area contributed by atoms with Crippen LogP contribution in [0.25, 0.3) is 0 Å². The molecule has 0 spiro atoms. The molecule has 0 aliphatic carbocycles. The fourth-order valence-corrected chi connectivity index (χ4v) is 2.08. The number of hydrogen-bond acceptors (Lipinski definition) is 4. The number of H-pyrrole nitrogens is 1. The van der Waals surface area contributed by atoms with Gasteiger partial charge in [0.2, 0.25) is 5.82 Å². The predicted molar refractivity (Wildman–Crippen MR) is 75.0 cm³/mol. The SMILES string of the molecule is CSCC(C)CNC(=O)c1n[nH]c(C(C)(C)C)n1. The largest absolute Gasteiger partial charge is 0.349 e. The molecule has 1 heterocycles. The molecule has 0 bridgehead atoms. The predicted octanol–water partition coefficient (Wildman–Crippen LogP) is 1.83. The Morgan fingerprint density at radius 3 is 2.67 bits per heavy atom. The number of nitrogens with one attached hydrogen (secondary N) is 2. The van der Waals surface area contributed by atoms with E-state index in [0.717, 1.165) is 11.6 Å². The van der Waals surface area contributed by atoms with Crippen molar-refractivity contribution in [2.75, 3.05) is 18.6 Å². The van der Waals surface area contributed by atoms with Gasteiger partial charge in [0.05, 0.1) is 0 Å². The third kappa shape index (κ3) is 4.33. The molecule has 0 aromatic carbocycles. The molecule has 1 unspecified atom stereocenters. The van der Waals surface area contributed by atoms with E-state index in [9.17, 15) is 4.79 Å². The average Bonchev–Trinajstić information content (AvgIpc) is 2.75. The minimum Gasteiger partial charge on any atom is -0.349 e. The van der Waals surface area contributed by atoms with Crippen LogP contribution in [-0.4, -0.2) is 39.6 Å². The normalized spacial score (nSPS) is 13.4. The van der Waals surface area contributed by atoms with Crippen LogP contribution in [-0.2, 0) is 5.41 Å². The minimum absolute atomic E-state index is 0.127. The van der Waals surface area contributed by atoms with E-state index in [-0.39, 0.29) is 17.1 Å². The highest BCUT2D eigenvalue weighted by Crippen LogP contribution is 2.17. The van der Waals surface area contributed by atoms with Crippen molar-refractivity contribution in [2.24, 2.45) is 5.92 Å². The zero-order valence-electron chi connectivity index (χ0n) is 11.7. The van der Waals surface area contributed by atoms with E-state index >= 15 is 0 Å². The van der Waals surface area contributed by atoms with Crippen LogP contribution in [0.5, 0.6) is 0 Å². The number of carbonyl (C=O) groups is 1. The van der Waals surface area contributed by atoms with E-state index in [4.69, 9.17) is 0 Å². The summed E-state index contributed by atoms with van der Waals surface area (Å²) in [5.41, 5.74) is -0.127. The first-order valence-corrected chi connectivity index (χ1v) is 7.44. The van der Waals surface area contributed by atoms with Crippen LogP contribution >= 0.6 is 11.8 Å². The average molecular weight is 270 g/mol. The zero-order chi connectivity index (χ0) is 13.8. The van der Waals surface area contributed by atoms with Crippen molar-refractivity contribution in [3.63, 3.8) is 0 Å². The molecular weight excluding hydrogens is 248 g/mol. The summed E-state index contributed by atoms with van der Waals surface area (Å²) >= 11 is 1.78. The molecule has 1 amide bonds. The second kappa shape index (κ2) is 6.22. The molecular formula is C12H22N4OS. The van der Waals surface area contributed by atoms with Crippen molar-refractivity contribution in [1.82, 2.24) is 20.5 Å². The Labute approximate surface area is 113 Å². The van der Waals surface area contributed by atoms with E-state index in [0.29, 0.717) is 12.5 Å². The van der Waals surface area contributed by atoms with Crippen LogP contribution in [0.1, 0.15) is 44.1 Å². The number of aromatic amines is 1. The fourth-order valence-electron chi connectivity index (χ4n) is 1.39. The van der Waals surface area contributed by atoms with Crippen LogP contribution in [0, 0.1) is 5.92 Å². The van der Waals surface area contributed by atoms with Gasteiger partial charge in [-0.2, -0.15) is 11.8 Å². The molecule has 1 aromatic heterocycles. The Balaban J connectivity index is 2.55. The number of amides is 1. The van der Waals surface area contributed by atoms with E-state index < -0.39 is 0 Å². The highest BCUT2D eigenvalue weighted by Gasteiger charge is 2.21. The summed E-state index contributed by atoms with van der Waals surface area (Å²) in [6, 6.07) is 0. The lowest BCUT2D eigenvalue weighted by Crippen LogP contribution is -2.30. The molecule has 0 fully saturated rings. The van der Waals surface area contributed by atoms with Crippen molar-refractivity contribution >= 4 is 17.7 Å². The van der Waals surface area contributed by atoms with E-state index in [1.165, 1.54) is 0 Å². The first-order valence-electron chi connectivity index (χ1n) is 6.04. The zero-order valence-corrected chi connectivity index (χ0v) is 12.5. The van der Waals surface area contributed by atoms with Crippen LogP contribution in [0.3, 0.4) is 0 Å². The third-order valence-corrected chi connectivity index (χ3v) is 3.36. The van der Waals surface area contributed by atoms with Gasteiger partial charge in [-0.15, -0.1) is 5.10 Å². The molecule has 2 N–H and O–H groups in total. The monoisotopic (exact) mass is 270 g/mol. The maximum absolute atomic E-state index is 11.8. The molecule has 6 heteroatoms. The summed E-state index contributed by atoms with van der Waals surface area (Å²) in [5.74, 6) is 2.21. The van der Waals surface area contributed by atoms with Gasteiger partial charge in [-0.1, -0.05) is 27.7 Å². The molecule has 5 nitrogen and oxygen atoms in total. The van der Waals surface area contributed by atoms with Crippen molar-refractivity contribution in [3.8, 4) is 0 Å². The molecule has 1 rings (SSSR count). The molecule has 0 aliphatic heterocycles. The Morgan fingerprint density at radius 1 is 1.50 bits per heavy atom. The van der Waals surface area contributed by atoms with Gasteiger partial charge in [0.15, 0.2) is 0 Å². The molecule has 18 heavy (non-hydrogen) atoms.